The molecule has 7 heteroatoms. The Balaban J connectivity index is 3.68. The standard InChI is InChI=1S/C12H25N3O2S2/c16-9-1-2-12(17)14-4-7-15(8-11-19)6-3-13-5-10-18/h9,13,18-19H,1-8,10-11H2,(H,14,17). The normalized spacial score (nSPS) is 10.7. The van der Waals surface area contributed by atoms with Crippen molar-refractivity contribution < 1.29 is 9.59 Å². The van der Waals surface area contributed by atoms with Crippen LogP contribution in [-0.4, -0.2) is 67.9 Å². The van der Waals surface area contributed by atoms with Crippen molar-refractivity contribution in [1.82, 2.24) is 15.5 Å². The van der Waals surface area contributed by atoms with Crippen molar-refractivity contribution in [1.29, 1.82) is 0 Å². The van der Waals surface area contributed by atoms with Gasteiger partial charge >= 0.3 is 0 Å². The molecule has 1 amide bonds. The number of amides is 1. The van der Waals surface area contributed by atoms with Crippen LogP contribution in [0.4, 0.5) is 0 Å². The van der Waals surface area contributed by atoms with Gasteiger partial charge in [-0.25, -0.2) is 0 Å². The SMILES string of the molecule is O=CCCC(=O)NCCN(CCS)CCNCCS. The van der Waals surface area contributed by atoms with E-state index in [1.54, 1.807) is 0 Å². The molecule has 0 aromatic heterocycles. The minimum atomic E-state index is -0.0638. The van der Waals surface area contributed by atoms with Crippen LogP contribution in [0.3, 0.4) is 0 Å². The van der Waals surface area contributed by atoms with Crippen molar-refractivity contribution in [2.75, 3.05) is 50.8 Å². The predicted octanol–water partition coefficient (Wildman–Crippen LogP) is -0.167. The number of rotatable bonds is 13. The van der Waals surface area contributed by atoms with E-state index in [0.29, 0.717) is 13.0 Å². The van der Waals surface area contributed by atoms with Crippen LogP contribution >= 0.6 is 25.3 Å². The first-order chi connectivity index (χ1) is 9.24. The van der Waals surface area contributed by atoms with Crippen molar-refractivity contribution in [3.63, 3.8) is 0 Å². The molecular weight excluding hydrogens is 282 g/mol. The number of carbonyl (C=O) groups is 2. The molecule has 0 fully saturated rings. The fourth-order valence-corrected chi connectivity index (χ4v) is 1.99. The van der Waals surface area contributed by atoms with Crippen molar-refractivity contribution in [2.24, 2.45) is 0 Å². The van der Waals surface area contributed by atoms with Gasteiger partial charge in [-0.1, -0.05) is 0 Å². The minimum absolute atomic E-state index is 0.0638. The molecule has 0 rings (SSSR count). The first-order valence-corrected chi connectivity index (χ1v) is 7.86. The zero-order chi connectivity index (χ0) is 14.3. The van der Waals surface area contributed by atoms with Crippen LogP contribution < -0.4 is 10.6 Å². The molecular formula is C12H25N3O2S2. The molecule has 0 heterocycles. The molecule has 0 aliphatic heterocycles. The van der Waals surface area contributed by atoms with Crippen LogP contribution in [0.1, 0.15) is 12.8 Å². The number of hydrogen-bond acceptors (Lipinski definition) is 6. The van der Waals surface area contributed by atoms with Gasteiger partial charge in [0, 0.05) is 63.6 Å². The summed E-state index contributed by atoms with van der Waals surface area (Å²) in [5, 5.41) is 6.09. The summed E-state index contributed by atoms with van der Waals surface area (Å²) in [6.07, 6.45) is 1.33. The van der Waals surface area contributed by atoms with E-state index in [2.05, 4.69) is 40.8 Å². The highest BCUT2D eigenvalue weighted by atomic mass is 32.1. The topological polar surface area (TPSA) is 61.4 Å². The molecule has 0 aliphatic rings. The minimum Gasteiger partial charge on any atom is -0.355 e. The number of nitrogens with one attached hydrogen (secondary N) is 2. The molecule has 0 spiro atoms. The van der Waals surface area contributed by atoms with Crippen LogP contribution in [0.15, 0.2) is 0 Å². The molecule has 0 aromatic rings. The second-order valence-corrected chi connectivity index (χ2v) is 4.99. The van der Waals surface area contributed by atoms with Crippen LogP contribution in [0.5, 0.6) is 0 Å². The van der Waals surface area contributed by atoms with Gasteiger partial charge in [0.1, 0.15) is 6.29 Å². The Morgan fingerprint density at radius 1 is 1.05 bits per heavy atom. The average molecular weight is 307 g/mol. The maximum atomic E-state index is 11.3. The summed E-state index contributed by atoms with van der Waals surface area (Å²) in [4.78, 5) is 23.7. The van der Waals surface area contributed by atoms with Gasteiger partial charge < -0.3 is 15.4 Å². The summed E-state index contributed by atoms with van der Waals surface area (Å²) in [7, 11) is 0. The molecule has 0 aromatic carbocycles. The Morgan fingerprint density at radius 3 is 2.42 bits per heavy atom. The van der Waals surface area contributed by atoms with Crippen molar-refractivity contribution in [3.8, 4) is 0 Å². The molecule has 2 N–H and O–H groups in total. The number of aldehydes is 1. The number of thiol groups is 2. The van der Waals surface area contributed by atoms with Crippen LogP contribution in [0.2, 0.25) is 0 Å². The molecule has 0 radical (unpaired) electrons. The van der Waals surface area contributed by atoms with Crippen molar-refractivity contribution in [3.05, 3.63) is 0 Å². The highest BCUT2D eigenvalue weighted by Crippen LogP contribution is 1.89. The number of carbonyl (C=O) groups excluding carboxylic acids is 2. The van der Waals surface area contributed by atoms with Crippen LogP contribution in [-0.2, 0) is 9.59 Å². The lowest BCUT2D eigenvalue weighted by molar-refractivity contribution is -0.122. The van der Waals surface area contributed by atoms with E-state index in [-0.39, 0.29) is 12.3 Å². The summed E-state index contributed by atoms with van der Waals surface area (Å²) >= 11 is 8.36. The van der Waals surface area contributed by atoms with Gasteiger partial charge in [0.25, 0.3) is 0 Å². The molecule has 0 saturated carbocycles. The third kappa shape index (κ3) is 12.5. The molecule has 112 valence electrons. The fraction of sp³-hybridized carbons (Fsp3) is 0.833. The van der Waals surface area contributed by atoms with Gasteiger partial charge in [0.15, 0.2) is 0 Å². The Bertz CT molecular complexity index is 243. The third-order valence-electron chi connectivity index (χ3n) is 2.55. The molecule has 0 aliphatic carbocycles. The monoisotopic (exact) mass is 307 g/mol. The second-order valence-electron chi connectivity index (χ2n) is 4.09. The van der Waals surface area contributed by atoms with E-state index in [4.69, 9.17) is 0 Å². The Labute approximate surface area is 126 Å². The van der Waals surface area contributed by atoms with Gasteiger partial charge in [0.05, 0.1) is 0 Å². The first-order valence-electron chi connectivity index (χ1n) is 6.59. The molecule has 0 unspecified atom stereocenters. The van der Waals surface area contributed by atoms with Gasteiger partial charge in [-0.2, -0.15) is 25.3 Å². The largest absolute Gasteiger partial charge is 0.355 e. The maximum absolute atomic E-state index is 11.3. The van der Waals surface area contributed by atoms with Crippen molar-refractivity contribution in [2.45, 2.75) is 12.8 Å². The first kappa shape index (κ1) is 18.8. The van der Waals surface area contributed by atoms with Crippen molar-refractivity contribution >= 4 is 37.5 Å². The summed E-state index contributed by atoms with van der Waals surface area (Å²) < 4.78 is 0. The molecule has 0 atom stereocenters. The maximum Gasteiger partial charge on any atom is 0.220 e. The van der Waals surface area contributed by atoms with E-state index in [9.17, 15) is 9.59 Å². The quantitative estimate of drug-likeness (QED) is 0.217. The van der Waals surface area contributed by atoms with Gasteiger partial charge in [-0.05, 0) is 0 Å². The molecule has 0 bridgehead atoms. The lowest BCUT2D eigenvalue weighted by Crippen LogP contribution is -2.39. The summed E-state index contributed by atoms with van der Waals surface area (Å²) in [5.74, 6) is 1.57. The van der Waals surface area contributed by atoms with Crippen LogP contribution in [0, 0.1) is 0 Å². The lowest BCUT2D eigenvalue weighted by Gasteiger charge is -2.21. The third-order valence-corrected chi connectivity index (χ3v) is 2.97. The van der Waals surface area contributed by atoms with Gasteiger partial charge in [0.2, 0.25) is 5.91 Å². The van der Waals surface area contributed by atoms with E-state index in [1.807, 2.05) is 0 Å². The molecule has 5 nitrogen and oxygen atoms in total. The van der Waals surface area contributed by atoms with E-state index >= 15 is 0 Å². The van der Waals surface area contributed by atoms with E-state index < -0.39 is 0 Å². The zero-order valence-corrected chi connectivity index (χ0v) is 13.1. The highest BCUT2D eigenvalue weighted by Gasteiger charge is 2.05. The molecule has 0 saturated heterocycles. The fourth-order valence-electron chi connectivity index (χ4n) is 1.55. The summed E-state index contributed by atoms with van der Waals surface area (Å²) in [6, 6.07) is 0. The summed E-state index contributed by atoms with van der Waals surface area (Å²) in [6.45, 7) is 5.05. The highest BCUT2D eigenvalue weighted by molar-refractivity contribution is 7.80. The van der Waals surface area contributed by atoms with E-state index in [0.717, 1.165) is 50.5 Å². The summed E-state index contributed by atoms with van der Waals surface area (Å²) in [5.41, 5.74) is 0. The lowest BCUT2D eigenvalue weighted by atomic mass is 10.3. The predicted molar refractivity (Wildman–Crippen MR) is 85.3 cm³/mol. The smallest absolute Gasteiger partial charge is 0.220 e. The second kappa shape index (κ2) is 14.2. The zero-order valence-electron chi connectivity index (χ0n) is 11.3. The Hall–Kier alpha value is -0.240. The number of hydrogen-bond donors (Lipinski definition) is 4. The van der Waals surface area contributed by atoms with Gasteiger partial charge in [-0.15, -0.1) is 0 Å². The Kier molecular flexibility index (Phi) is 14.0. The van der Waals surface area contributed by atoms with Gasteiger partial charge in [-0.3, -0.25) is 9.69 Å². The van der Waals surface area contributed by atoms with Crippen LogP contribution in [0.25, 0.3) is 0 Å². The average Bonchev–Trinajstić information content (AvgIpc) is 2.41. The Morgan fingerprint density at radius 2 is 1.79 bits per heavy atom. The number of nitrogens with zero attached hydrogens (tertiary/aromatic N) is 1. The van der Waals surface area contributed by atoms with E-state index in [1.165, 1.54) is 0 Å². The molecule has 19 heavy (non-hydrogen) atoms.